The molecule has 0 saturated carbocycles. The molecule has 0 atom stereocenters. The second kappa shape index (κ2) is 12.6. The first kappa shape index (κ1) is 27.3. The zero-order chi connectivity index (χ0) is 26.8. The minimum absolute atomic E-state index is 0.0311. The Kier molecular flexibility index (Phi) is 9.28. The van der Waals surface area contributed by atoms with Crippen LogP contribution in [0.25, 0.3) is 0 Å². The molecule has 0 heterocycles. The molecule has 1 amide bonds. The Bertz CT molecular complexity index is 1370. The van der Waals surface area contributed by atoms with Gasteiger partial charge in [-0.1, -0.05) is 42.5 Å². The number of amides is 1. The van der Waals surface area contributed by atoms with Crippen LogP contribution in [0.3, 0.4) is 0 Å². The van der Waals surface area contributed by atoms with Crippen molar-refractivity contribution in [3.05, 3.63) is 90.5 Å². The largest absolute Gasteiger partial charge is 0.497 e. The summed E-state index contributed by atoms with van der Waals surface area (Å²) in [5.74, 6) is 0.672. The summed E-state index contributed by atoms with van der Waals surface area (Å²) in [6.07, 6.45) is 3.07. The molecule has 3 aromatic carbocycles. The zero-order valence-corrected chi connectivity index (χ0v) is 21.7. The molecule has 0 unspecified atom stereocenters. The molecule has 10 heteroatoms. The van der Waals surface area contributed by atoms with Crippen LogP contribution in [0.2, 0.25) is 0 Å². The number of carbonyl (C=O) groups is 1. The molecule has 1 N–H and O–H groups in total. The molecule has 0 aliphatic heterocycles. The third kappa shape index (κ3) is 7.11. The number of anilines is 1. The van der Waals surface area contributed by atoms with Crippen LogP contribution in [0.1, 0.15) is 11.1 Å². The van der Waals surface area contributed by atoms with E-state index in [0.717, 1.165) is 9.87 Å². The van der Waals surface area contributed by atoms with Gasteiger partial charge in [0.15, 0.2) is 0 Å². The van der Waals surface area contributed by atoms with Crippen molar-refractivity contribution in [1.82, 2.24) is 5.43 Å². The number of nitrogens with one attached hydrogen (secondary N) is 1. The summed E-state index contributed by atoms with van der Waals surface area (Å²) in [4.78, 5) is 12.9. The summed E-state index contributed by atoms with van der Waals surface area (Å²) in [6, 6.07) is 18.1. The maximum Gasteiger partial charge on any atom is 0.264 e. The SMILES string of the molecule is C=CCOc1cccc(/C=N\NC(=O)CN(c2ccc(OC)cc2OC)S(=O)(=O)c2ccc(C)cc2)c1. The van der Waals surface area contributed by atoms with Crippen LogP contribution < -0.4 is 23.9 Å². The van der Waals surface area contributed by atoms with E-state index in [-0.39, 0.29) is 16.3 Å². The lowest BCUT2D eigenvalue weighted by atomic mass is 10.2. The third-order valence-electron chi connectivity index (χ3n) is 5.18. The first-order chi connectivity index (χ1) is 17.8. The van der Waals surface area contributed by atoms with E-state index in [0.29, 0.717) is 23.7 Å². The molecule has 0 aliphatic carbocycles. The van der Waals surface area contributed by atoms with Crippen molar-refractivity contribution in [2.75, 3.05) is 31.7 Å². The fourth-order valence-electron chi connectivity index (χ4n) is 3.31. The van der Waals surface area contributed by atoms with Gasteiger partial charge in [0.05, 0.1) is 31.0 Å². The summed E-state index contributed by atoms with van der Waals surface area (Å²) in [6.45, 7) is 5.28. The standard InChI is InChI=1S/C27H29N3O6S/c1-5-15-36-23-8-6-7-21(16-23)18-28-29-27(31)19-30(25-14-11-22(34-3)17-26(25)35-4)37(32,33)24-12-9-20(2)10-13-24/h5-14,16-18H,1,15,19H2,2-4H3,(H,29,31)/b28-18-. The first-order valence-corrected chi connectivity index (χ1v) is 12.7. The molecule has 0 radical (unpaired) electrons. The summed E-state index contributed by atoms with van der Waals surface area (Å²) in [5.41, 5.74) is 4.15. The first-order valence-electron chi connectivity index (χ1n) is 11.3. The number of hydrogen-bond donors (Lipinski definition) is 1. The Hall–Kier alpha value is -4.31. The van der Waals surface area contributed by atoms with E-state index in [9.17, 15) is 13.2 Å². The topological polar surface area (TPSA) is 107 Å². The predicted octanol–water partition coefficient (Wildman–Crippen LogP) is 3.92. The lowest BCUT2D eigenvalue weighted by Gasteiger charge is -2.25. The Morgan fingerprint density at radius 1 is 1.03 bits per heavy atom. The number of hydrazone groups is 1. The van der Waals surface area contributed by atoms with Gasteiger partial charge >= 0.3 is 0 Å². The van der Waals surface area contributed by atoms with E-state index in [1.807, 2.05) is 6.92 Å². The molecule has 0 saturated heterocycles. The number of nitrogens with zero attached hydrogens (tertiary/aromatic N) is 2. The molecular formula is C27H29N3O6S. The molecule has 0 fully saturated rings. The summed E-state index contributed by atoms with van der Waals surface area (Å²) >= 11 is 0. The highest BCUT2D eigenvalue weighted by molar-refractivity contribution is 7.92. The normalized spacial score (nSPS) is 11.1. The van der Waals surface area contributed by atoms with Crippen LogP contribution in [0, 0.1) is 6.92 Å². The van der Waals surface area contributed by atoms with Crippen molar-refractivity contribution in [2.45, 2.75) is 11.8 Å². The number of ether oxygens (including phenoxy) is 3. The highest BCUT2D eigenvalue weighted by Gasteiger charge is 2.29. The van der Waals surface area contributed by atoms with Gasteiger partial charge in [-0.15, -0.1) is 0 Å². The van der Waals surface area contributed by atoms with E-state index >= 15 is 0 Å². The maximum absolute atomic E-state index is 13.6. The van der Waals surface area contributed by atoms with Gasteiger partial charge in [-0.25, -0.2) is 13.8 Å². The number of carbonyl (C=O) groups excluding carboxylic acids is 1. The molecule has 3 rings (SSSR count). The summed E-state index contributed by atoms with van der Waals surface area (Å²) < 4.78 is 44.3. The minimum atomic E-state index is -4.13. The summed E-state index contributed by atoms with van der Waals surface area (Å²) in [5, 5.41) is 3.97. The summed E-state index contributed by atoms with van der Waals surface area (Å²) in [7, 11) is -1.24. The van der Waals surface area contributed by atoms with Gasteiger partial charge in [-0.05, 0) is 48.9 Å². The molecule has 37 heavy (non-hydrogen) atoms. The monoisotopic (exact) mass is 523 g/mol. The quantitative estimate of drug-likeness (QED) is 0.219. The smallest absolute Gasteiger partial charge is 0.264 e. The molecular weight excluding hydrogens is 494 g/mol. The van der Waals surface area contributed by atoms with Gasteiger partial charge in [0.25, 0.3) is 15.9 Å². The van der Waals surface area contributed by atoms with Gasteiger partial charge in [-0.3, -0.25) is 9.10 Å². The second-order valence-corrected chi connectivity index (χ2v) is 9.69. The lowest BCUT2D eigenvalue weighted by Crippen LogP contribution is -2.39. The van der Waals surface area contributed by atoms with Gasteiger partial charge in [0, 0.05) is 6.07 Å². The molecule has 0 bridgehead atoms. The minimum Gasteiger partial charge on any atom is -0.497 e. The van der Waals surface area contributed by atoms with E-state index in [1.165, 1.54) is 38.6 Å². The maximum atomic E-state index is 13.6. The van der Waals surface area contributed by atoms with E-state index in [1.54, 1.807) is 54.6 Å². The predicted molar refractivity (Wildman–Crippen MR) is 143 cm³/mol. The number of hydrogen-bond acceptors (Lipinski definition) is 7. The van der Waals surface area contributed by atoms with Crippen LogP contribution in [0.4, 0.5) is 5.69 Å². The number of benzene rings is 3. The zero-order valence-electron chi connectivity index (χ0n) is 20.9. The molecule has 0 aliphatic rings. The van der Waals surface area contributed by atoms with E-state index in [2.05, 4.69) is 17.1 Å². The van der Waals surface area contributed by atoms with Crippen LogP contribution in [0.5, 0.6) is 17.2 Å². The number of sulfonamides is 1. The van der Waals surface area contributed by atoms with Crippen LogP contribution in [-0.2, 0) is 14.8 Å². The van der Waals surface area contributed by atoms with Crippen LogP contribution >= 0.6 is 0 Å². The van der Waals surface area contributed by atoms with Gasteiger partial charge in [-0.2, -0.15) is 5.10 Å². The van der Waals surface area contributed by atoms with Crippen molar-refractivity contribution in [3.63, 3.8) is 0 Å². The van der Waals surface area contributed by atoms with Crippen LogP contribution in [0.15, 0.2) is 89.4 Å². The van der Waals surface area contributed by atoms with Crippen LogP contribution in [-0.4, -0.2) is 47.9 Å². The fraction of sp³-hybridized carbons (Fsp3) is 0.185. The lowest BCUT2D eigenvalue weighted by molar-refractivity contribution is -0.119. The Morgan fingerprint density at radius 2 is 1.78 bits per heavy atom. The Balaban J connectivity index is 1.87. The van der Waals surface area contributed by atoms with Crippen molar-refractivity contribution < 1.29 is 27.4 Å². The second-order valence-electron chi connectivity index (χ2n) is 7.83. The highest BCUT2D eigenvalue weighted by Crippen LogP contribution is 2.35. The Morgan fingerprint density at radius 3 is 2.46 bits per heavy atom. The van der Waals surface area contributed by atoms with Gasteiger partial charge in [0.2, 0.25) is 0 Å². The molecule has 0 spiro atoms. The van der Waals surface area contributed by atoms with Gasteiger partial charge < -0.3 is 14.2 Å². The number of aryl methyl sites for hydroxylation is 1. The fourth-order valence-corrected chi connectivity index (χ4v) is 4.74. The van der Waals surface area contributed by atoms with Crippen molar-refractivity contribution >= 4 is 27.8 Å². The molecule has 0 aromatic heterocycles. The average Bonchev–Trinajstić information content (AvgIpc) is 2.90. The van der Waals surface area contributed by atoms with E-state index < -0.39 is 22.5 Å². The average molecular weight is 524 g/mol. The molecule has 9 nitrogen and oxygen atoms in total. The van der Waals surface area contributed by atoms with Crippen molar-refractivity contribution in [1.29, 1.82) is 0 Å². The Labute approximate surface area is 217 Å². The van der Waals surface area contributed by atoms with Crippen molar-refractivity contribution in [2.24, 2.45) is 5.10 Å². The highest BCUT2D eigenvalue weighted by atomic mass is 32.2. The molecule has 3 aromatic rings. The van der Waals surface area contributed by atoms with Crippen molar-refractivity contribution in [3.8, 4) is 17.2 Å². The molecule has 194 valence electrons. The third-order valence-corrected chi connectivity index (χ3v) is 6.95. The van der Waals surface area contributed by atoms with E-state index in [4.69, 9.17) is 14.2 Å². The number of rotatable bonds is 12. The van der Waals surface area contributed by atoms with Gasteiger partial charge in [0.1, 0.15) is 30.4 Å². The number of methoxy groups -OCH3 is 2.